The number of aromatic nitrogens is 2. The number of benzene rings is 1. The lowest BCUT2D eigenvalue weighted by Crippen LogP contribution is -2.45. The van der Waals surface area contributed by atoms with Gasteiger partial charge in [-0.15, -0.1) is 0 Å². The van der Waals surface area contributed by atoms with Crippen LogP contribution in [0.25, 0.3) is 11.1 Å². The summed E-state index contributed by atoms with van der Waals surface area (Å²) in [6, 6.07) is 6.55. The van der Waals surface area contributed by atoms with Gasteiger partial charge < -0.3 is 19.9 Å². The highest BCUT2D eigenvalue weighted by molar-refractivity contribution is 6.09. The van der Waals surface area contributed by atoms with E-state index in [-0.39, 0.29) is 5.91 Å². The van der Waals surface area contributed by atoms with Crippen LogP contribution in [0, 0.1) is 11.3 Å². The summed E-state index contributed by atoms with van der Waals surface area (Å²) in [5.74, 6) is 1.61. The molecule has 2 aromatic rings. The fourth-order valence-electron chi connectivity index (χ4n) is 5.62. The number of anilines is 1. The molecule has 1 aromatic heterocycles. The molecule has 3 aliphatic rings. The van der Waals surface area contributed by atoms with Crippen LogP contribution in [0.1, 0.15) is 51.0 Å². The smallest absolute Gasteiger partial charge is 0.219 e. The number of hydrogen-bond acceptors (Lipinski definition) is 5. The Morgan fingerprint density at radius 1 is 1.25 bits per heavy atom. The van der Waals surface area contributed by atoms with Gasteiger partial charge in [-0.25, -0.2) is 0 Å². The Bertz CT molecular complexity index is 1160. The highest BCUT2D eigenvalue weighted by Crippen LogP contribution is 2.39. The Morgan fingerprint density at radius 3 is 2.83 bits per heavy atom. The molecule has 5 rings (SSSR count). The van der Waals surface area contributed by atoms with E-state index < -0.39 is 0 Å². The molecule has 0 bridgehead atoms. The molecule has 8 heteroatoms. The van der Waals surface area contributed by atoms with Crippen molar-refractivity contribution in [1.29, 1.82) is 5.41 Å². The molecule has 0 spiro atoms. The first-order chi connectivity index (χ1) is 17.4. The zero-order chi connectivity index (χ0) is 25.2. The van der Waals surface area contributed by atoms with Crippen LogP contribution in [0.5, 0.6) is 0 Å². The lowest BCUT2D eigenvalue weighted by molar-refractivity contribution is -0.128. The zero-order valence-electron chi connectivity index (χ0n) is 21.7. The van der Waals surface area contributed by atoms with Crippen molar-refractivity contribution in [2.24, 2.45) is 13.0 Å². The van der Waals surface area contributed by atoms with Crippen molar-refractivity contribution in [3.63, 3.8) is 0 Å². The van der Waals surface area contributed by atoms with E-state index >= 15 is 0 Å². The van der Waals surface area contributed by atoms with E-state index in [1.807, 2.05) is 29.0 Å². The standard InChI is InChI=1S/C28H38N6O2/c1-19-7-12-34(27-5-4-22(14-24(19)27)23-15-31-32(3)16-23)28(29)25-17-33(20(2)35)11-8-26(25)30-10-6-21-9-13-36-18-21/h4-5,14-16,19,21,29-30H,6-13,17-18H2,1-3H3. The third-order valence-electron chi connectivity index (χ3n) is 7.93. The summed E-state index contributed by atoms with van der Waals surface area (Å²) in [6.07, 6.45) is 7.88. The van der Waals surface area contributed by atoms with Gasteiger partial charge in [0, 0.05) is 82.0 Å². The molecular formula is C28H38N6O2. The number of carbonyl (C=O) groups is 1. The number of aryl methyl sites for hydroxylation is 1. The molecule has 1 aromatic carbocycles. The first kappa shape index (κ1) is 24.6. The van der Waals surface area contributed by atoms with Crippen molar-refractivity contribution in [3.8, 4) is 11.1 Å². The Morgan fingerprint density at radius 2 is 2.11 bits per heavy atom. The SMILES string of the molecule is CC(=O)N1CCC(NCCC2CCOC2)=C(C(=N)N2CCC(C)c3cc(-c4cnn(C)c4)ccc32)C1. The molecule has 2 unspecified atom stereocenters. The van der Waals surface area contributed by atoms with Crippen LogP contribution >= 0.6 is 0 Å². The van der Waals surface area contributed by atoms with Crippen LogP contribution in [0.3, 0.4) is 0 Å². The van der Waals surface area contributed by atoms with Gasteiger partial charge in [-0.2, -0.15) is 5.10 Å². The quantitative estimate of drug-likeness (QED) is 0.474. The third-order valence-corrected chi connectivity index (χ3v) is 7.93. The van der Waals surface area contributed by atoms with E-state index in [0.717, 1.165) is 80.1 Å². The van der Waals surface area contributed by atoms with Gasteiger partial charge in [-0.1, -0.05) is 13.0 Å². The van der Waals surface area contributed by atoms with Crippen LogP contribution in [-0.2, 0) is 16.6 Å². The molecule has 1 amide bonds. The molecule has 0 saturated carbocycles. The number of nitrogens with zero attached hydrogens (tertiary/aromatic N) is 4. The second-order valence-corrected chi connectivity index (χ2v) is 10.5. The van der Waals surface area contributed by atoms with E-state index in [9.17, 15) is 10.2 Å². The molecule has 4 heterocycles. The number of carbonyl (C=O) groups excluding carboxylic acids is 1. The minimum Gasteiger partial charge on any atom is -0.388 e. The molecule has 1 saturated heterocycles. The number of ether oxygens (including phenoxy) is 1. The van der Waals surface area contributed by atoms with Gasteiger partial charge in [0.2, 0.25) is 5.91 Å². The Balaban J connectivity index is 1.41. The third kappa shape index (κ3) is 5.05. The van der Waals surface area contributed by atoms with Gasteiger partial charge in [0.15, 0.2) is 0 Å². The fraction of sp³-hybridized carbons (Fsp3) is 0.536. The molecule has 1 fully saturated rings. The Labute approximate surface area is 213 Å². The molecule has 0 aliphatic carbocycles. The normalized spacial score (nSPS) is 22.1. The molecule has 192 valence electrons. The van der Waals surface area contributed by atoms with E-state index in [1.165, 1.54) is 5.56 Å². The van der Waals surface area contributed by atoms with Crippen LogP contribution in [0.15, 0.2) is 41.9 Å². The second-order valence-electron chi connectivity index (χ2n) is 10.5. The Hall–Kier alpha value is -3.13. The van der Waals surface area contributed by atoms with Crippen molar-refractivity contribution in [1.82, 2.24) is 20.0 Å². The predicted octanol–water partition coefficient (Wildman–Crippen LogP) is 3.90. The van der Waals surface area contributed by atoms with Gasteiger partial charge in [0.1, 0.15) is 5.84 Å². The number of fused-ring (bicyclic) bond motifs is 1. The summed E-state index contributed by atoms with van der Waals surface area (Å²) in [6.45, 7) is 8.47. The molecular weight excluding hydrogens is 452 g/mol. The average molecular weight is 491 g/mol. The summed E-state index contributed by atoms with van der Waals surface area (Å²) in [5.41, 5.74) is 6.68. The molecule has 2 N–H and O–H groups in total. The summed E-state index contributed by atoms with van der Waals surface area (Å²) >= 11 is 0. The second kappa shape index (κ2) is 10.5. The maximum atomic E-state index is 12.2. The minimum absolute atomic E-state index is 0.0660. The summed E-state index contributed by atoms with van der Waals surface area (Å²) < 4.78 is 7.35. The van der Waals surface area contributed by atoms with E-state index in [4.69, 9.17) is 4.74 Å². The van der Waals surface area contributed by atoms with E-state index in [1.54, 1.807) is 6.92 Å². The van der Waals surface area contributed by atoms with Gasteiger partial charge in [-0.05, 0) is 54.4 Å². The number of rotatable bonds is 6. The van der Waals surface area contributed by atoms with Crippen LogP contribution in [0.2, 0.25) is 0 Å². The summed E-state index contributed by atoms with van der Waals surface area (Å²) in [7, 11) is 1.93. The van der Waals surface area contributed by atoms with Gasteiger partial charge in [-0.3, -0.25) is 14.9 Å². The predicted molar refractivity (Wildman–Crippen MR) is 142 cm³/mol. The van der Waals surface area contributed by atoms with Crippen LogP contribution in [-0.4, -0.2) is 65.8 Å². The zero-order valence-corrected chi connectivity index (χ0v) is 21.7. The maximum absolute atomic E-state index is 12.2. The molecule has 3 aliphatic heterocycles. The lowest BCUT2D eigenvalue weighted by atomic mass is 9.88. The number of amidine groups is 1. The summed E-state index contributed by atoms with van der Waals surface area (Å²) in [5, 5.41) is 17.3. The minimum atomic E-state index is 0.0660. The highest BCUT2D eigenvalue weighted by atomic mass is 16.5. The first-order valence-corrected chi connectivity index (χ1v) is 13.2. The Kier molecular flexibility index (Phi) is 7.14. The van der Waals surface area contributed by atoms with Crippen molar-refractivity contribution >= 4 is 17.4 Å². The molecule has 2 atom stereocenters. The monoisotopic (exact) mass is 490 g/mol. The molecule has 36 heavy (non-hydrogen) atoms. The van der Waals surface area contributed by atoms with E-state index in [0.29, 0.717) is 30.8 Å². The van der Waals surface area contributed by atoms with Crippen molar-refractivity contribution in [2.75, 3.05) is 44.3 Å². The first-order valence-electron chi connectivity index (χ1n) is 13.2. The summed E-state index contributed by atoms with van der Waals surface area (Å²) in [4.78, 5) is 16.2. The van der Waals surface area contributed by atoms with E-state index in [2.05, 4.69) is 40.4 Å². The van der Waals surface area contributed by atoms with Gasteiger partial charge in [0.05, 0.1) is 12.7 Å². The van der Waals surface area contributed by atoms with Gasteiger partial charge in [0.25, 0.3) is 0 Å². The lowest BCUT2D eigenvalue weighted by Gasteiger charge is -2.38. The topological polar surface area (TPSA) is 86.5 Å². The van der Waals surface area contributed by atoms with Crippen molar-refractivity contribution in [2.45, 2.75) is 45.4 Å². The van der Waals surface area contributed by atoms with Crippen molar-refractivity contribution < 1.29 is 9.53 Å². The average Bonchev–Trinajstić information content (AvgIpc) is 3.56. The number of nitrogens with one attached hydrogen (secondary N) is 2. The number of hydrogen-bond donors (Lipinski definition) is 2. The number of amides is 1. The van der Waals surface area contributed by atoms with Crippen LogP contribution in [0.4, 0.5) is 5.69 Å². The van der Waals surface area contributed by atoms with Gasteiger partial charge >= 0.3 is 0 Å². The maximum Gasteiger partial charge on any atom is 0.219 e. The highest BCUT2D eigenvalue weighted by Gasteiger charge is 2.31. The van der Waals surface area contributed by atoms with Crippen LogP contribution < -0.4 is 10.2 Å². The molecule has 8 nitrogen and oxygen atoms in total. The largest absolute Gasteiger partial charge is 0.388 e. The van der Waals surface area contributed by atoms with Crippen molar-refractivity contribution in [3.05, 3.63) is 47.4 Å². The molecule has 0 radical (unpaired) electrons. The fourth-order valence-corrected chi connectivity index (χ4v) is 5.62.